The second-order valence-electron chi connectivity index (χ2n) is 6.14. The lowest BCUT2D eigenvalue weighted by atomic mass is 9.95. The van der Waals surface area contributed by atoms with Gasteiger partial charge in [0.2, 0.25) is 0 Å². The number of unbranched alkanes of at least 4 members (excludes halogenated alkanes) is 2. The van der Waals surface area contributed by atoms with Gasteiger partial charge in [0.05, 0.1) is 6.61 Å². The molecule has 0 heterocycles. The average Bonchev–Trinajstić information content (AvgIpc) is 3.29. The second-order valence-corrected chi connectivity index (χ2v) is 7.25. The van der Waals surface area contributed by atoms with Crippen molar-refractivity contribution in [1.82, 2.24) is 5.32 Å². The summed E-state index contributed by atoms with van der Waals surface area (Å²) in [7, 11) is 0. The molecule has 116 valence electrons. The Morgan fingerprint density at radius 3 is 2.55 bits per heavy atom. The van der Waals surface area contributed by atoms with Crippen LogP contribution >= 0.6 is 11.8 Å². The zero-order valence-electron chi connectivity index (χ0n) is 13.0. The van der Waals surface area contributed by atoms with Crippen molar-refractivity contribution in [3.8, 4) is 0 Å². The van der Waals surface area contributed by atoms with E-state index in [0.717, 1.165) is 11.5 Å². The van der Waals surface area contributed by atoms with Gasteiger partial charge in [0, 0.05) is 11.8 Å². The summed E-state index contributed by atoms with van der Waals surface area (Å²) in [6.07, 6.45) is 8.59. The first kappa shape index (κ1) is 16.2. The number of carbonyl (C=O) groups is 1. The molecule has 1 N–H and O–H groups in total. The van der Waals surface area contributed by atoms with Crippen molar-refractivity contribution >= 4 is 17.7 Å². The van der Waals surface area contributed by atoms with E-state index in [-0.39, 0.29) is 5.97 Å². The number of nitrogens with one attached hydrogen (secondary N) is 1. The normalized spacial score (nSPS) is 21.5. The lowest BCUT2D eigenvalue weighted by Gasteiger charge is -2.32. The van der Waals surface area contributed by atoms with Gasteiger partial charge < -0.3 is 4.74 Å². The maximum Gasteiger partial charge on any atom is 0.327 e. The van der Waals surface area contributed by atoms with E-state index >= 15 is 0 Å². The summed E-state index contributed by atoms with van der Waals surface area (Å²) < 4.78 is 5.40. The number of esters is 1. The van der Waals surface area contributed by atoms with Gasteiger partial charge in [0.15, 0.2) is 0 Å². The van der Waals surface area contributed by atoms with Crippen molar-refractivity contribution in [1.29, 1.82) is 0 Å². The number of carbonyl (C=O) groups excluding carboxylic acids is 1. The van der Waals surface area contributed by atoms with E-state index in [2.05, 4.69) is 12.2 Å². The Bertz CT molecular complexity index is 316. The van der Waals surface area contributed by atoms with Crippen LogP contribution in [0.2, 0.25) is 0 Å². The van der Waals surface area contributed by atoms with E-state index in [1.54, 1.807) is 0 Å². The first-order valence-corrected chi connectivity index (χ1v) is 9.41. The van der Waals surface area contributed by atoms with Crippen LogP contribution in [0.25, 0.3) is 0 Å². The molecule has 20 heavy (non-hydrogen) atoms. The van der Waals surface area contributed by atoms with Crippen molar-refractivity contribution in [2.75, 3.05) is 18.1 Å². The van der Waals surface area contributed by atoms with E-state index in [0.29, 0.717) is 18.6 Å². The Morgan fingerprint density at radius 1 is 1.25 bits per heavy atom. The Balaban J connectivity index is 1.91. The van der Waals surface area contributed by atoms with Crippen molar-refractivity contribution in [3.05, 3.63) is 0 Å². The van der Waals surface area contributed by atoms with E-state index in [1.165, 1.54) is 44.9 Å². The zero-order chi connectivity index (χ0) is 14.4. The quantitative estimate of drug-likeness (QED) is 0.469. The SMILES string of the molecule is CCCCCSCC(NC1CC1)(C(=O)OCC)C1CC1. The fraction of sp³-hybridized carbons (Fsp3) is 0.938. The third kappa shape index (κ3) is 4.39. The summed E-state index contributed by atoms with van der Waals surface area (Å²) in [6, 6.07) is 0.552. The van der Waals surface area contributed by atoms with Gasteiger partial charge in [-0.1, -0.05) is 19.8 Å². The van der Waals surface area contributed by atoms with Crippen LogP contribution in [-0.2, 0) is 9.53 Å². The Hall–Kier alpha value is -0.220. The summed E-state index contributed by atoms with van der Waals surface area (Å²) in [4.78, 5) is 12.5. The average molecular weight is 299 g/mol. The predicted molar refractivity (Wildman–Crippen MR) is 85.1 cm³/mol. The first-order valence-electron chi connectivity index (χ1n) is 8.25. The molecule has 0 aromatic heterocycles. The third-order valence-corrected chi connectivity index (χ3v) is 5.41. The molecule has 2 aliphatic rings. The molecule has 0 spiro atoms. The highest BCUT2D eigenvalue weighted by atomic mass is 32.2. The second kappa shape index (κ2) is 7.69. The summed E-state index contributed by atoms with van der Waals surface area (Å²) in [5.74, 6) is 2.54. The molecule has 1 unspecified atom stereocenters. The molecule has 0 aromatic carbocycles. The topological polar surface area (TPSA) is 38.3 Å². The van der Waals surface area contributed by atoms with Crippen LogP contribution in [0, 0.1) is 5.92 Å². The number of hydrogen-bond donors (Lipinski definition) is 1. The highest BCUT2D eigenvalue weighted by Gasteiger charge is 2.53. The Morgan fingerprint density at radius 2 is 2.00 bits per heavy atom. The van der Waals surface area contributed by atoms with Crippen LogP contribution in [0.5, 0.6) is 0 Å². The molecule has 0 bridgehead atoms. The van der Waals surface area contributed by atoms with Crippen molar-refractivity contribution in [3.63, 3.8) is 0 Å². The molecule has 3 nitrogen and oxygen atoms in total. The van der Waals surface area contributed by atoms with Gasteiger partial charge >= 0.3 is 5.97 Å². The molecule has 2 aliphatic carbocycles. The van der Waals surface area contributed by atoms with Crippen LogP contribution in [0.3, 0.4) is 0 Å². The molecule has 0 saturated heterocycles. The van der Waals surface area contributed by atoms with E-state index in [4.69, 9.17) is 4.74 Å². The van der Waals surface area contributed by atoms with Gasteiger partial charge in [-0.05, 0) is 50.7 Å². The molecular formula is C16H29NO2S. The van der Waals surface area contributed by atoms with Crippen LogP contribution in [-0.4, -0.2) is 35.7 Å². The molecule has 0 aliphatic heterocycles. The predicted octanol–water partition coefficient (Wildman–Crippen LogP) is 3.37. The van der Waals surface area contributed by atoms with E-state index in [1.807, 2.05) is 18.7 Å². The van der Waals surface area contributed by atoms with Gasteiger partial charge in [-0.15, -0.1) is 0 Å². The maximum absolute atomic E-state index is 12.5. The molecule has 0 radical (unpaired) electrons. The summed E-state index contributed by atoms with van der Waals surface area (Å²) in [5.41, 5.74) is -0.395. The molecule has 2 fully saturated rings. The van der Waals surface area contributed by atoms with Crippen molar-refractivity contribution < 1.29 is 9.53 Å². The Labute approximate surface area is 127 Å². The standard InChI is InChI=1S/C16H29NO2S/c1-3-5-6-11-20-12-16(13-7-8-13,15(18)19-4-2)17-14-9-10-14/h13-14,17H,3-12H2,1-2H3. The fourth-order valence-electron chi connectivity index (χ4n) is 2.68. The smallest absolute Gasteiger partial charge is 0.327 e. The highest BCUT2D eigenvalue weighted by molar-refractivity contribution is 7.99. The molecule has 2 saturated carbocycles. The molecule has 0 amide bonds. The van der Waals surface area contributed by atoms with Gasteiger partial charge in [-0.2, -0.15) is 11.8 Å². The molecular weight excluding hydrogens is 270 g/mol. The van der Waals surface area contributed by atoms with Crippen LogP contribution in [0.1, 0.15) is 58.8 Å². The minimum atomic E-state index is -0.395. The molecule has 1 atom stereocenters. The number of thioether (sulfide) groups is 1. The summed E-state index contributed by atoms with van der Waals surface area (Å²) >= 11 is 1.93. The lowest BCUT2D eigenvalue weighted by Crippen LogP contribution is -2.58. The largest absolute Gasteiger partial charge is 0.465 e. The van der Waals surface area contributed by atoms with Gasteiger partial charge in [-0.25, -0.2) is 0 Å². The van der Waals surface area contributed by atoms with E-state index < -0.39 is 5.54 Å². The van der Waals surface area contributed by atoms with Crippen LogP contribution in [0.4, 0.5) is 0 Å². The summed E-state index contributed by atoms with van der Waals surface area (Å²) in [5, 5.41) is 3.65. The number of ether oxygens (including phenoxy) is 1. The molecule has 4 heteroatoms. The van der Waals surface area contributed by atoms with Gasteiger partial charge in [-0.3, -0.25) is 10.1 Å². The third-order valence-electron chi connectivity index (χ3n) is 4.17. The zero-order valence-corrected chi connectivity index (χ0v) is 13.8. The van der Waals surface area contributed by atoms with Gasteiger partial charge in [0.1, 0.15) is 5.54 Å². The van der Waals surface area contributed by atoms with Crippen molar-refractivity contribution in [2.45, 2.75) is 70.4 Å². The molecule has 0 aromatic rings. The first-order chi connectivity index (χ1) is 9.73. The van der Waals surface area contributed by atoms with Crippen LogP contribution in [0.15, 0.2) is 0 Å². The monoisotopic (exact) mass is 299 g/mol. The minimum Gasteiger partial charge on any atom is -0.465 e. The number of hydrogen-bond acceptors (Lipinski definition) is 4. The lowest BCUT2D eigenvalue weighted by molar-refractivity contribution is -0.151. The maximum atomic E-state index is 12.5. The van der Waals surface area contributed by atoms with Crippen molar-refractivity contribution in [2.24, 2.45) is 5.92 Å². The van der Waals surface area contributed by atoms with Gasteiger partial charge in [0.25, 0.3) is 0 Å². The van der Waals surface area contributed by atoms with Crippen LogP contribution < -0.4 is 5.32 Å². The Kier molecular flexibility index (Phi) is 6.21. The fourth-order valence-corrected chi connectivity index (χ4v) is 3.99. The molecule has 2 rings (SSSR count). The highest BCUT2D eigenvalue weighted by Crippen LogP contribution is 2.44. The minimum absolute atomic E-state index is 0.00242. The van der Waals surface area contributed by atoms with E-state index in [9.17, 15) is 4.79 Å². The number of rotatable bonds is 11. The summed E-state index contributed by atoms with van der Waals surface area (Å²) in [6.45, 7) is 4.62.